The van der Waals surface area contributed by atoms with Crippen molar-refractivity contribution in [3.8, 4) is 0 Å². The first-order valence-electron chi connectivity index (χ1n) is 5.64. The zero-order chi connectivity index (χ0) is 14.9. The summed E-state index contributed by atoms with van der Waals surface area (Å²) in [6, 6.07) is 9.84. The molecule has 0 aliphatic carbocycles. The lowest BCUT2D eigenvalue weighted by Crippen LogP contribution is -2.15. The Morgan fingerprint density at radius 1 is 1.25 bits per heavy atom. The van der Waals surface area contributed by atoms with Crippen molar-refractivity contribution in [2.75, 3.05) is 10.5 Å². The molecule has 0 aromatic heterocycles. The van der Waals surface area contributed by atoms with Crippen molar-refractivity contribution >= 4 is 48.9 Å². The summed E-state index contributed by atoms with van der Waals surface area (Å²) in [7, 11) is -3.76. The van der Waals surface area contributed by atoms with Gasteiger partial charge in [0, 0.05) is 15.2 Å². The van der Waals surface area contributed by atoms with Crippen LogP contribution in [0.25, 0.3) is 0 Å². The molecule has 0 radical (unpaired) electrons. The molecule has 0 spiro atoms. The lowest BCUT2D eigenvalue weighted by Gasteiger charge is -2.13. The molecule has 7 heteroatoms. The Morgan fingerprint density at radius 3 is 2.55 bits per heavy atom. The largest absolute Gasteiger partial charge is 0.398 e. The maximum absolute atomic E-state index is 12.4. The SMILES string of the molecule is Cc1c(N)cc(Cl)cc1S(=O)(=O)Nc1ccccc1Br. The molecule has 0 aliphatic heterocycles. The molecule has 20 heavy (non-hydrogen) atoms. The number of hydrogen-bond acceptors (Lipinski definition) is 3. The molecule has 0 bridgehead atoms. The molecule has 106 valence electrons. The lowest BCUT2D eigenvalue weighted by atomic mass is 10.2. The smallest absolute Gasteiger partial charge is 0.262 e. The van der Waals surface area contributed by atoms with Crippen LogP contribution in [0.3, 0.4) is 0 Å². The van der Waals surface area contributed by atoms with E-state index < -0.39 is 10.0 Å². The molecule has 2 rings (SSSR count). The van der Waals surface area contributed by atoms with E-state index >= 15 is 0 Å². The van der Waals surface area contributed by atoms with E-state index in [9.17, 15) is 8.42 Å². The summed E-state index contributed by atoms with van der Waals surface area (Å²) in [5, 5.41) is 0.278. The molecule has 0 atom stereocenters. The van der Waals surface area contributed by atoms with Crippen LogP contribution >= 0.6 is 27.5 Å². The van der Waals surface area contributed by atoms with Crippen LogP contribution in [0.1, 0.15) is 5.56 Å². The molecular formula is C13H12BrClN2O2S. The highest BCUT2D eigenvalue weighted by Gasteiger charge is 2.20. The molecule has 0 saturated heterocycles. The molecule has 0 fully saturated rings. The summed E-state index contributed by atoms with van der Waals surface area (Å²) in [5.41, 5.74) is 7.01. The zero-order valence-electron chi connectivity index (χ0n) is 10.5. The Hall–Kier alpha value is -1.24. The van der Waals surface area contributed by atoms with Crippen molar-refractivity contribution in [2.45, 2.75) is 11.8 Å². The summed E-state index contributed by atoms with van der Waals surface area (Å²) < 4.78 is 28.0. The van der Waals surface area contributed by atoms with Crippen molar-refractivity contribution in [1.82, 2.24) is 0 Å². The first kappa shape index (κ1) is 15.2. The van der Waals surface area contributed by atoms with Gasteiger partial charge in [-0.05, 0) is 52.7 Å². The molecule has 0 heterocycles. The molecule has 0 amide bonds. The number of sulfonamides is 1. The molecule has 3 N–H and O–H groups in total. The van der Waals surface area contributed by atoms with Crippen LogP contribution in [-0.4, -0.2) is 8.42 Å². The third kappa shape index (κ3) is 3.08. The summed E-state index contributed by atoms with van der Waals surface area (Å²) in [5.74, 6) is 0. The van der Waals surface area contributed by atoms with Crippen LogP contribution in [0.4, 0.5) is 11.4 Å². The summed E-state index contributed by atoms with van der Waals surface area (Å²) in [4.78, 5) is 0.0678. The van der Waals surface area contributed by atoms with E-state index in [1.807, 2.05) is 0 Å². The van der Waals surface area contributed by atoms with E-state index in [0.717, 1.165) is 0 Å². The van der Waals surface area contributed by atoms with Gasteiger partial charge in [0.25, 0.3) is 10.0 Å². The van der Waals surface area contributed by atoms with Crippen molar-refractivity contribution in [3.63, 3.8) is 0 Å². The highest BCUT2D eigenvalue weighted by atomic mass is 79.9. The minimum absolute atomic E-state index is 0.0678. The molecule has 2 aromatic carbocycles. The van der Waals surface area contributed by atoms with Gasteiger partial charge in [0.2, 0.25) is 0 Å². The second-order valence-electron chi connectivity index (χ2n) is 4.20. The summed E-state index contributed by atoms with van der Waals surface area (Å²) in [6.45, 7) is 1.64. The van der Waals surface area contributed by atoms with E-state index in [2.05, 4.69) is 20.7 Å². The van der Waals surface area contributed by atoms with E-state index in [0.29, 0.717) is 21.4 Å². The fourth-order valence-electron chi connectivity index (χ4n) is 1.70. The molecular weight excluding hydrogens is 364 g/mol. The summed E-state index contributed by atoms with van der Waals surface area (Å²) in [6.07, 6.45) is 0. The van der Waals surface area contributed by atoms with E-state index in [1.165, 1.54) is 12.1 Å². The highest BCUT2D eigenvalue weighted by Crippen LogP contribution is 2.29. The zero-order valence-corrected chi connectivity index (χ0v) is 13.7. The minimum atomic E-state index is -3.76. The molecule has 4 nitrogen and oxygen atoms in total. The van der Waals surface area contributed by atoms with Gasteiger partial charge in [-0.15, -0.1) is 0 Å². The number of nitrogens with one attached hydrogen (secondary N) is 1. The average molecular weight is 376 g/mol. The molecule has 0 aliphatic rings. The van der Waals surface area contributed by atoms with E-state index in [1.54, 1.807) is 31.2 Å². The number of nitrogen functional groups attached to an aromatic ring is 1. The van der Waals surface area contributed by atoms with E-state index in [4.69, 9.17) is 17.3 Å². The fourth-order valence-corrected chi connectivity index (χ4v) is 3.88. The van der Waals surface area contributed by atoms with Crippen LogP contribution in [-0.2, 0) is 10.0 Å². The normalized spacial score (nSPS) is 11.3. The van der Waals surface area contributed by atoms with Gasteiger partial charge in [0.05, 0.1) is 10.6 Å². The molecule has 0 unspecified atom stereocenters. The van der Waals surface area contributed by atoms with Crippen LogP contribution in [0.15, 0.2) is 45.8 Å². The average Bonchev–Trinajstić information content (AvgIpc) is 2.36. The Morgan fingerprint density at radius 2 is 1.90 bits per heavy atom. The van der Waals surface area contributed by atoms with Gasteiger partial charge in [-0.3, -0.25) is 4.72 Å². The predicted molar refractivity (Wildman–Crippen MR) is 85.6 cm³/mol. The topological polar surface area (TPSA) is 72.2 Å². The maximum Gasteiger partial charge on any atom is 0.262 e. The predicted octanol–water partition coefficient (Wildman–Crippen LogP) is 3.79. The van der Waals surface area contributed by atoms with Crippen molar-refractivity contribution in [3.05, 3.63) is 51.5 Å². The minimum Gasteiger partial charge on any atom is -0.398 e. The maximum atomic E-state index is 12.4. The van der Waals surface area contributed by atoms with Crippen molar-refractivity contribution in [1.29, 1.82) is 0 Å². The van der Waals surface area contributed by atoms with Gasteiger partial charge >= 0.3 is 0 Å². The Balaban J connectivity index is 2.49. The number of hydrogen-bond donors (Lipinski definition) is 2. The van der Waals surface area contributed by atoms with Crippen molar-refractivity contribution in [2.24, 2.45) is 0 Å². The number of halogens is 2. The standard InChI is InChI=1S/C13H12BrClN2O2S/c1-8-11(16)6-9(15)7-13(8)20(18,19)17-12-5-3-2-4-10(12)14/h2-7,17H,16H2,1H3. The van der Waals surface area contributed by atoms with Crippen LogP contribution < -0.4 is 10.5 Å². The van der Waals surface area contributed by atoms with Gasteiger partial charge in [-0.1, -0.05) is 23.7 Å². The second kappa shape index (κ2) is 5.63. The molecule has 2 aromatic rings. The van der Waals surface area contributed by atoms with Crippen molar-refractivity contribution < 1.29 is 8.42 Å². The number of anilines is 2. The van der Waals surface area contributed by atoms with Crippen LogP contribution in [0.2, 0.25) is 5.02 Å². The first-order valence-corrected chi connectivity index (χ1v) is 8.29. The number of rotatable bonds is 3. The monoisotopic (exact) mass is 374 g/mol. The molecule has 0 saturated carbocycles. The van der Waals surface area contributed by atoms with Gasteiger partial charge in [0.1, 0.15) is 0 Å². The first-order chi connectivity index (χ1) is 9.31. The van der Waals surface area contributed by atoms with Gasteiger partial charge in [0.15, 0.2) is 0 Å². The van der Waals surface area contributed by atoms with Gasteiger partial charge in [-0.25, -0.2) is 8.42 Å². The van der Waals surface area contributed by atoms with Crippen LogP contribution in [0.5, 0.6) is 0 Å². The third-order valence-electron chi connectivity index (χ3n) is 2.77. The van der Waals surface area contributed by atoms with Crippen LogP contribution in [0, 0.1) is 6.92 Å². The Bertz CT molecular complexity index is 763. The Kier molecular flexibility index (Phi) is 4.27. The van der Waals surface area contributed by atoms with E-state index in [-0.39, 0.29) is 9.92 Å². The quantitative estimate of drug-likeness (QED) is 0.802. The fraction of sp³-hybridized carbons (Fsp3) is 0.0769. The number of nitrogens with two attached hydrogens (primary N) is 1. The lowest BCUT2D eigenvalue weighted by molar-refractivity contribution is 0.600. The van der Waals surface area contributed by atoms with Gasteiger partial charge < -0.3 is 5.73 Å². The number of benzene rings is 2. The third-order valence-corrected chi connectivity index (χ3v) is 5.17. The summed E-state index contributed by atoms with van der Waals surface area (Å²) >= 11 is 9.17. The highest BCUT2D eigenvalue weighted by molar-refractivity contribution is 9.10. The Labute approximate surface area is 131 Å². The second-order valence-corrected chi connectivity index (χ2v) is 7.15. The van der Waals surface area contributed by atoms with Gasteiger partial charge in [-0.2, -0.15) is 0 Å². The number of para-hydroxylation sites is 1.